The average molecular weight is 296 g/mol. The van der Waals surface area contributed by atoms with E-state index < -0.39 is 0 Å². The van der Waals surface area contributed by atoms with Crippen LogP contribution in [0.5, 0.6) is 5.75 Å². The molecule has 1 heterocycles. The van der Waals surface area contributed by atoms with E-state index in [4.69, 9.17) is 16.3 Å². The largest absolute Gasteiger partial charge is 0.490 e. The lowest BCUT2D eigenvalue weighted by Crippen LogP contribution is -2.32. The van der Waals surface area contributed by atoms with Gasteiger partial charge in [0.2, 0.25) is 0 Å². The van der Waals surface area contributed by atoms with Gasteiger partial charge in [-0.2, -0.15) is 0 Å². The molecule has 1 fully saturated rings. The van der Waals surface area contributed by atoms with Gasteiger partial charge in [-0.3, -0.25) is 4.79 Å². The van der Waals surface area contributed by atoms with Crippen LogP contribution in [0.3, 0.4) is 0 Å². The molecule has 1 aromatic rings. The first kappa shape index (κ1) is 15.3. The number of ketones is 1. The summed E-state index contributed by atoms with van der Waals surface area (Å²) in [7, 11) is 0. The van der Waals surface area contributed by atoms with Crippen molar-refractivity contribution in [2.24, 2.45) is 0 Å². The topological polar surface area (TPSA) is 38.3 Å². The summed E-state index contributed by atoms with van der Waals surface area (Å²) in [5, 5.41) is 3.90. The molecule has 3 nitrogen and oxygen atoms in total. The van der Waals surface area contributed by atoms with E-state index in [-0.39, 0.29) is 17.9 Å². The second-order valence-corrected chi connectivity index (χ2v) is 6.06. The molecule has 1 atom stereocenters. The van der Waals surface area contributed by atoms with Gasteiger partial charge < -0.3 is 10.1 Å². The van der Waals surface area contributed by atoms with Crippen molar-refractivity contribution in [2.75, 3.05) is 6.54 Å². The van der Waals surface area contributed by atoms with Crippen LogP contribution in [0.15, 0.2) is 6.07 Å². The van der Waals surface area contributed by atoms with Gasteiger partial charge >= 0.3 is 0 Å². The summed E-state index contributed by atoms with van der Waals surface area (Å²) in [6, 6.07) is 1.76. The average Bonchev–Trinajstić information content (AvgIpc) is 2.89. The lowest BCUT2D eigenvalue weighted by molar-refractivity contribution is 0.0945. The molecule has 0 saturated carbocycles. The molecular formula is C16H22ClNO2. The minimum Gasteiger partial charge on any atom is -0.490 e. The number of benzene rings is 1. The fraction of sp³-hybridized carbons (Fsp3) is 0.562. The predicted molar refractivity (Wildman–Crippen MR) is 82.0 cm³/mol. The molecule has 0 amide bonds. The molecule has 1 saturated heterocycles. The number of nitrogens with one attached hydrogen (secondary N) is 1. The van der Waals surface area contributed by atoms with E-state index in [0.29, 0.717) is 16.3 Å². The zero-order chi connectivity index (χ0) is 14.9. The standard InChI is InChI=1S/C16H22ClNO2/c1-9(2)20-13-8-10(3)15(17)11(4)14(13)16(19)12-6-5-7-18-12/h8-9,12,18H,5-7H2,1-4H3. The molecule has 1 aliphatic rings. The number of Topliss-reactive ketones (excluding diaryl/α,β-unsaturated/α-hetero) is 1. The van der Waals surface area contributed by atoms with Gasteiger partial charge in [0.15, 0.2) is 5.78 Å². The number of aryl methyl sites for hydroxylation is 1. The summed E-state index contributed by atoms with van der Waals surface area (Å²) >= 11 is 6.31. The smallest absolute Gasteiger partial charge is 0.183 e. The molecule has 0 aliphatic carbocycles. The van der Waals surface area contributed by atoms with Crippen molar-refractivity contribution in [3.8, 4) is 5.75 Å². The van der Waals surface area contributed by atoms with Crippen molar-refractivity contribution in [3.05, 3.63) is 27.8 Å². The number of ether oxygens (including phenoxy) is 1. The van der Waals surface area contributed by atoms with Gasteiger partial charge in [0.1, 0.15) is 5.75 Å². The van der Waals surface area contributed by atoms with Crippen LogP contribution in [0.1, 0.15) is 48.2 Å². The molecule has 20 heavy (non-hydrogen) atoms. The van der Waals surface area contributed by atoms with E-state index in [1.54, 1.807) is 0 Å². The maximum absolute atomic E-state index is 12.7. The Labute approximate surface area is 125 Å². The zero-order valence-corrected chi connectivity index (χ0v) is 13.3. The van der Waals surface area contributed by atoms with Crippen molar-refractivity contribution >= 4 is 17.4 Å². The van der Waals surface area contributed by atoms with Crippen LogP contribution in [0.2, 0.25) is 5.02 Å². The normalized spacial score (nSPS) is 18.6. The van der Waals surface area contributed by atoms with Crippen molar-refractivity contribution in [2.45, 2.75) is 52.7 Å². The van der Waals surface area contributed by atoms with Gasteiger partial charge in [0, 0.05) is 5.02 Å². The number of hydrogen-bond donors (Lipinski definition) is 1. The second kappa shape index (κ2) is 6.15. The Kier molecular flexibility index (Phi) is 4.71. The number of carbonyl (C=O) groups excluding carboxylic acids is 1. The van der Waals surface area contributed by atoms with Crippen LogP contribution in [-0.4, -0.2) is 24.5 Å². The SMILES string of the molecule is Cc1cc(OC(C)C)c(C(=O)C2CCCN2)c(C)c1Cl. The Hall–Kier alpha value is -1.06. The van der Waals surface area contributed by atoms with Crippen molar-refractivity contribution in [1.29, 1.82) is 0 Å². The third kappa shape index (κ3) is 2.99. The molecule has 4 heteroatoms. The Morgan fingerprint density at radius 2 is 2.15 bits per heavy atom. The van der Waals surface area contributed by atoms with Gasteiger partial charge in [-0.15, -0.1) is 0 Å². The number of hydrogen-bond acceptors (Lipinski definition) is 3. The van der Waals surface area contributed by atoms with Crippen molar-refractivity contribution < 1.29 is 9.53 Å². The van der Waals surface area contributed by atoms with Crippen LogP contribution in [0.4, 0.5) is 0 Å². The first-order valence-corrected chi connectivity index (χ1v) is 7.53. The molecule has 1 aliphatic heterocycles. The zero-order valence-electron chi connectivity index (χ0n) is 12.5. The molecule has 0 bridgehead atoms. The quantitative estimate of drug-likeness (QED) is 0.861. The Balaban J connectivity index is 2.47. The van der Waals surface area contributed by atoms with Gasteiger partial charge in [-0.05, 0) is 64.3 Å². The molecule has 2 rings (SSSR count). The number of carbonyl (C=O) groups is 1. The molecule has 110 valence electrons. The maximum Gasteiger partial charge on any atom is 0.183 e. The van der Waals surface area contributed by atoms with E-state index in [1.807, 2.05) is 33.8 Å². The molecule has 0 aromatic heterocycles. The first-order chi connectivity index (χ1) is 9.41. The molecule has 1 unspecified atom stereocenters. The minimum absolute atomic E-state index is 0.0260. The van der Waals surface area contributed by atoms with Crippen molar-refractivity contribution in [1.82, 2.24) is 5.32 Å². The summed E-state index contributed by atoms with van der Waals surface area (Å²) in [5.41, 5.74) is 2.39. The third-order valence-corrected chi connectivity index (χ3v) is 4.21. The predicted octanol–water partition coefficient (Wildman–Crippen LogP) is 3.68. The van der Waals surface area contributed by atoms with Crippen molar-refractivity contribution in [3.63, 3.8) is 0 Å². The number of halogens is 1. The monoisotopic (exact) mass is 295 g/mol. The fourth-order valence-electron chi connectivity index (χ4n) is 2.66. The van der Waals surface area contributed by atoms with Crippen LogP contribution >= 0.6 is 11.6 Å². The van der Waals surface area contributed by atoms with E-state index >= 15 is 0 Å². The molecule has 1 aromatic carbocycles. The summed E-state index contributed by atoms with van der Waals surface area (Å²) in [6.45, 7) is 8.65. The van der Waals surface area contributed by atoms with Gasteiger partial charge in [-0.1, -0.05) is 11.6 Å². The lowest BCUT2D eigenvalue weighted by atomic mass is 9.95. The highest BCUT2D eigenvalue weighted by molar-refractivity contribution is 6.32. The fourth-order valence-corrected chi connectivity index (χ4v) is 2.81. The van der Waals surface area contributed by atoms with E-state index in [2.05, 4.69) is 5.32 Å². The van der Waals surface area contributed by atoms with Gasteiger partial charge in [0.25, 0.3) is 0 Å². The van der Waals surface area contributed by atoms with Crippen LogP contribution in [0, 0.1) is 13.8 Å². The van der Waals surface area contributed by atoms with Gasteiger partial charge in [0.05, 0.1) is 17.7 Å². The van der Waals surface area contributed by atoms with Crippen LogP contribution in [0.25, 0.3) is 0 Å². The van der Waals surface area contributed by atoms with E-state index in [1.165, 1.54) is 0 Å². The summed E-state index contributed by atoms with van der Waals surface area (Å²) in [4.78, 5) is 12.7. The molecular weight excluding hydrogens is 274 g/mol. The Bertz CT molecular complexity index is 520. The lowest BCUT2D eigenvalue weighted by Gasteiger charge is -2.20. The first-order valence-electron chi connectivity index (χ1n) is 7.15. The highest BCUT2D eigenvalue weighted by Gasteiger charge is 2.28. The maximum atomic E-state index is 12.7. The summed E-state index contributed by atoms with van der Waals surface area (Å²) in [6.07, 6.45) is 1.94. The molecule has 0 spiro atoms. The van der Waals surface area contributed by atoms with E-state index in [0.717, 1.165) is 30.5 Å². The van der Waals surface area contributed by atoms with Gasteiger partial charge in [-0.25, -0.2) is 0 Å². The highest BCUT2D eigenvalue weighted by Crippen LogP contribution is 2.34. The minimum atomic E-state index is -0.109. The summed E-state index contributed by atoms with van der Waals surface area (Å²) < 4.78 is 5.84. The van der Waals surface area contributed by atoms with Crippen LogP contribution < -0.4 is 10.1 Å². The van der Waals surface area contributed by atoms with E-state index in [9.17, 15) is 4.79 Å². The Morgan fingerprint density at radius 1 is 1.45 bits per heavy atom. The van der Waals surface area contributed by atoms with Crippen LogP contribution in [-0.2, 0) is 0 Å². The highest BCUT2D eigenvalue weighted by atomic mass is 35.5. The Morgan fingerprint density at radius 3 is 2.70 bits per heavy atom. The molecule has 1 N–H and O–H groups in total. The summed E-state index contributed by atoms with van der Waals surface area (Å²) in [5.74, 6) is 0.746. The third-order valence-electron chi connectivity index (χ3n) is 3.63. The molecule has 0 radical (unpaired) electrons. The second-order valence-electron chi connectivity index (χ2n) is 5.69. The number of rotatable bonds is 4.